The van der Waals surface area contributed by atoms with Crippen molar-refractivity contribution in [3.05, 3.63) is 23.3 Å². The van der Waals surface area contributed by atoms with Crippen LogP contribution in [0.15, 0.2) is 6.07 Å². The Morgan fingerprint density at radius 2 is 1.94 bits per heavy atom. The van der Waals surface area contributed by atoms with Gasteiger partial charge in [-0.3, -0.25) is 0 Å². The van der Waals surface area contributed by atoms with Gasteiger partial charge in [-0.1, -0.05) is 19.8 Å². The molecule has 16 heavy (non-hydrogen) atoms. The highest BCUT2D eigenvalue weighted by Crippen LogP contribution is 2.34. The Balaban J connectivity index is 2.16. The van der Waals surface area contributed by atoms with Crippen LogP contribution in [-0.2, 0) is 5.88 Å². The van der Waals surface area contributed by atoms with Gasteiger partial charge in [-0.2, -0.15) is 0 Å². The van der Waals surface area contributed by atoms with Crippen LogP contribution in [0.5, 0.6) is 0 Å². The SMILES string of the molecule is Cc1cc(CCl)nc(C2CCC(C)CC2)n1. The molecule has 0 aromatic carbocycles. The van der Waals surface area contributed by atoms with Gasteiger partial charge in [0.05, 0.1) is 11.6 Å². The minimum atomic E-state index is 0.486. The summed E-state index contributed by atoms with van der Waals surface area (Å²) in [5.74, 6) is 2.92. The first-order valence-corrected chi connectivity index (χ1v) is 6.63. The second-order valence-electron chi connectivity index (χ2n) is 4.95. The first-order chi connectivity index (χ1) is 7.69. The molecule has 0 aliphatic heterocycles. The minimum absolute atomic E-state index is 0.486. The van der Waals surface area contributed by atoms with Crippen molar-refractivity contribution in [3.63, 3.8) is 0 Å². The molecule has 0 bridgehead atoms. The van der Waals surface area contributed by atoms with Gasteiger partial charge in [-0.15, -0.1) is 11.6 Å². The number of halogens is 1. The van der Waals surface area contributed by atoms with Crippen molar-refractivity contribution in [3.8, 4) is 0 Å². The molecular weight excluding hydrogens is 220 g/mol. The van der Waals surface area contributed by atoms with E-state index in [1.54, 1.807) is 0 Å². The Morgan fingerprint density at radius 1 is 1.25 bits per heavy atom. The summed E-state index contributed by atoms with van der Waals surface area (Å²) in [6.07, 6.45) is 5.06. The summed E-state index contributed by atoms with van der Waals surface area (Å²) >= 11 is 5.84. The molecule has 0 atom stereocenters. The fraction of sp³-hybridized carbons (Fsp3) is 0.692. The van der Waals surface area contributed by atoms with E-state index in [4.69, 9.17) is 11.6 Å². The third kappa shape index (κ3) is 2.73. The number of nitrogens with zero attached hydrogens (tertiary/aromatic N) is 2. The molecule has 3 heteroatoms. The van der Waals surface area contributed by atoms with Gasteiger partial charge in [0.1, 0.15) is 5.82 Å². The van der Waals surface area contributed by atoms with Crippen molar-refractivity contribution >= 4 is 11.6 Å². The van der Waals surface area contributed by atoms with E-state index < -0.39 is 0 Å². The highest BCUT2D eigenvalue weighted by Gasteiger charge is 2.22. The van der Waals surface area contributed by atoms with Gasteiger partial charge < -0.3 is 0 Å². The van der Waals surface area contributed by atoms with Crippen LogP contribution in [0.1, 0.15) is 55.7 Å². The third-order valence-corrected chi connectivity index (χ3v) is 3.72. The monoisotopic (exact) mass is 238 g/mol. The first kappa shape index (κ1) is 11.8. The number of alkyl halides is 1. The minimum Gasteiger partial charge on any atom is -0.238 e. The van der Waals surface area contributed by atoms with Crippen LogP contribution in [0.4, 0.5) is 0 Å². The molecule has 0 spiro atoms. The van der Waals surface area contributed by atoms with E-state index in [-0.39, 0.29) is 0 Å². The van der Waals surface area contributed by atoms with E-state index in [0.29, 0.717) is 11.8 Å². The molecule has 0 radical (unpaired) electrons. The summed E-state index contributed by atoms with van der Waals surface area (Å²) in [6, 6.07) is 1.97. The van der Waals surface area contributed by atoms with Crippen LogP contribution in [0.3, 0.4) is 0 Å². The standard InChI is InChI=1S/C13H19ClN2/c1-9-3-5-11(6-4-9)13-15-10(2)7-12(8-14)16-13/h7,9,11H,3-6,8H2,1-2H3. The molecule has 1 aromatic heterocycles. The Kier molecular flexibility index (Phi) is 3.80. The maximum Gasteiger partial charge on any atom is 0.131 e. The second kappa shape index (κ2) is 5.13. The molecule has 1 heterocycles. The lowest BCUT2D eigenvalue weighted by Gasteiger charge is -2.25. The molecule has 2 nitrogen and oxygen atoms in total. The van der Waals surface area contributed by atoms with E-state index >= 15 is 0 Å². The zero-order chi connectivity index (χ0) is 11.5. The molecule has 1 fully saturated rings. The molecule has 0 amide bonds. The highest BCUT2D eigenvalue weighted by atomic mass is 35.5. The van der Waals surface area contributed by atoms with Crippen molar-refractivity contribution in [2.45, 2.75) is 51.3 Å². The van der Waals surface area contributed by atoms with Crippen LogP contribution < -0.4 is 0 Å². The zero-order valence-electron chi connectivity index (χ0n) is 10.0. The lowest BCUT2D eigenvalue weighted by atomic mass is 9.82. The maximum atomic E-state index is 5.84. The smallest absolute Gasteiger partial charge is 0.131 e. The van der Waals surface area contributed by atoms with Gasteiger partial charge in [0.15, 0.2) is 0 Å². The molecule has 0 unspecified atom stereocenters. The molecular formula is C13H19ClN2. The third-order valence-electron chi connectivity index (χ3n) is 3.44. The summed E-state index contributed by atoms with van der Waals surface area (Å²) < 4.78 is 0. The average molecular weight is 239 g/mol. The Bertz CT molecular complexity index is 357. The van der Waals surface area contributed by atoms with Crippen LogP contribution >= 0.6 is 11.6 Å². The molecule has 0 N–H and O–H groups in total. The van der Waals surface area contributed by atoms with Gasteiger partial charge in [0, 0.05) is 11.6 Å². The molecule has 1 aliphatic carbocycles. The number of hydrogen-bond acceptors (Lipinski definition) is 2. The fourth-order valence-electron chi connectivity index (χ4n) is 2.43. The van der Waals surface area contributed by atoms with Gasteiger partial charge in [-0.25, -0.2) is 9.97 Å². The fourth-order valence-corrected chi connectivity index (χ4v) is 2.56. The van der Waals surface area contributed by atoms with E-state index in [1.807, 2.05) is 13.0 Å². The Labute approximate surface area is 102 Å². The summed E-state index contributed by atoms with van der Waals surface area (Å²) in [4.78, 5) is 9.12. The molecule has 1 saturated carbocycles. The molecule has 0 saturated heterocycles. The van der Waals surface area contributed by atoms with E-state index in [1.165, 1.54) is 25.7 Å². The average Bonchev–Trinajstić information content (AvgIpc) is 2.29. The van der Waals surface area contributed by atoms with Crippen LogP contribution in [0.2, 0.25) is 0 Å². The van der Waals surface area contributed by atoms with Gasteiger partial charge >= 0.3 is 0 Å². The normalized spacial score (nSPS) is 25.7. The van der Waals surface area contributed by atoms with Crippen molar-refractivity contribution < 1.29 is 0 Å². The number of aryl methyl sites for hydroxylation is 1. The molecule has 88 valence electrons. The molecule has 2 rings (SSSR count). The number of rotatable bonds is 2. The zero-order valence-corrected chi connectivity index (χ0v) is 10.8. The first-order valence-electron chi connectivity index (χ1n) is 6.09. The van der Waals surface area contributed by atoms with Gasteiger partial charge in [-0.05, 0) is 31.7 Å². The summed E-state index contributed by atoms with van der Waals surface area (Å²) in [5, 5.41) is 0. The second-order valence-corrected chi connectivity index (χ2v) is 5.22. The number of aromatic nitrogens is 2. The van der Waals surface area contributed by atoms with Crippen molar-refractivity contribution in [1.29, 1.82) is 0 Å². The molecule has 1 aliphatic rings. The lowest BCUT2D eigenvalue weighted by molar-refractivity contribution is 0.339. The predicted molar refractivity (Wildman–Crippen MR) is 66.7 cm³/mol. The van der Waals surface area contributed by atoms with Gasteiger partial charge in [0.25, 0.3) is 0 Å². The van der Waals surface area contributed by atoms with E-state index in [2.05, 4.69) is 16.9 Å². The van der Waals surface area contributed by atoms with Gasteiger partial charge in [0.2, 0.25) is 0 Å². The van der Waals surface area contributed by atoms with E-state index in [9.17, 15) is 0 Å². The number of hydrogen-bond donors (Lipinski definition) is 0. The van der Waals surface area contributed by atoms with Crippen LogP contribution in [0.25, 0.3) is 0 Å². The molecule has 1 aromatic rings. The van der Waals surface area contributed by atoms with Crippen molar-refractivity contribution in [2.24, 2.45) is 5.92 Å². The largest absolute Gasteiger partial charge is 0.238 e. The summed E-state index contributed by atoms with van der Waals surface area (Å²) in [5.41, 5.74) is 2.00. The Hall–Kier alpha value is -0.630. The Morgan fingerprint density at radius 3 is 2.56 bits per heavy atom. The summed E-state index contributed by atoms with van der Waals surface area (Å²) in [7, 11) is 0. The van der Waals surface area contributed by atoms with E-state index in [0.717, 1.165) is 23.1 Å². The highest BCUT2D eigenvalue weighted by molar-refractivity contribution is 6.16. The quantitative estimate of drug-likeness (QED) is 0.732. The lowest BCUT2D eigenvalue weighted by Crippen LogP contribution is -2.14. The van der Waals surface area contributed by atoms with Crippen molar-refractivity contribution in [1.82, 2.24) is 9.97 Å². The predicted octanol–water partition coefficient (Wildman–Crippen LogP) is 3.82. The topological polar surface area (TPSA) is 25.8 Å². The summed E-state index contributed by atoms with van der Waals surface area (Å²) in [6.45, 7) is 4.35. The van der Waals surface area contributed by atoms with Crippen LogP contribution in [-0.4, -0.2) is 9.97 Å². The van der Waals surface area contributed by atoms with Crippen molar-refractivity contribution in [2.75, 3.05) is 0 Å². The maximum absolute atomic E-state index is 5.84. The van der Waals surface area contributed by atoms with Crippen LogP contribution in [0, 0.1) is 12.8 Å².